The first-order chi connectivity index (χ1) is 7.03. The summed E-state index contributed by atoms with van der Waals surface area (Å²) in [6, 6.07) is 0.281. The van der Waals surface area contributed by atoms with Gasteiger partial charge in [-0.15, -0.1) is 0 Å². The summed E-state index contributed by atoms with van der Waals surface area (Å²) in [5.41, 5.74) is 5.35. The van der Waals surface area contributed by atoms with Crippen LogP contribution in [-0.2, 0) is 4.79 Å². The lowest BCUT2D eigenvalue weighted by Gasteiger charge is -2.28. The van der Waals surface area contributed by atoms with Crippen LogP contribution in [0.25, 0.3) is 0 Å². The predicted octanol–water partition coefficient (Wildman–Crippen LogP) is 2.20. The largest absolute Gasteiger partial charge is 0.352 e. The molecule has 15 heavy (non-hydrogen) atoms. The van der Waals surface area contributed by atoms with Crippen LogP contribution in [0.1, 0.15) is 59.8 Å². The smallest absolute Gasteiger partial charge is 0.240 e. The van der Waals surface area contributed by atoms with Gasteiger partial charge in [-0.25, -0.2) is 0 Å². The third-order valence-electron chi connectivity index (χ3n) is 3.18. The van der Waals surface area contributed by atoms with E-state index in [1.165, 1.54) is 0 Å². The van der Waals surface area contributed by atoms with Gasteiger partial charge in [0.2, 0.25) is 5.91 Å². The molecule has 0 bridgehead atoms. The Kier molecular flexibility index (Phi) is 6.57. The second-order valence-electron chi connectivity index (χ2n) is 4.23. The van der Waals surface area contributed by atoms with E-state index < -0.39 is 5.54 Å². The van der Waals surface area contributed by atoms with Crippen molar-refractivity contribution >= 4 is 5.91 Å². The molecular formula is C12H26N2O. The van der Waals surface area contributed by atoms with Gasteiger partial charge in [-0.2, -0.15) is 0 Å². The first-order valence-electron chi connectivity index (χ1n) is 6.13. The standard InChI is InChI=1S/C12H26N2O/c1-5-9-10(6-2)14-11(15)12(13,7-3)8-4/h10H,5-9,13H2,1-4H3,(H,14,15). The summed E-state index contributed by atoms with van der Waals surface area (Å²) in [5, 5.41) is 3.05. The summed E-state index contributed by atoms with van der Waals surface area (Å²) in [4.78, 5) is 11.9. The van der Waals surface area contributed by atoms with Crippen LogP contribution < -0.4 is 11.1 Å². The van der Waals surface area contributed by atoms with Crippen molar-refractivity contribution in [1.82, 2.24) is 5.32 Å². The fourth-order valence-electron chi connectivity index (χ4n) is 1.63. The summed E-state index contributed by atoms with van der Waals surface area (Å²) < 4.78 is 0. The Bertz CT molecular complexity index is 188. The van der Waals surface area contributed by atoms with Crippen LogP contribution in [0.5, 0.6) is 0 Å². The minimum absolute atomic E-state index is 0.00722. The van der Waals surface area contributed by atoms with E-state index in [2.05, 4.69) is 19.2 Å². The lowest BCUT2D eigenvalue weighted by atomic mass is 9.92. The average Bonchev–Trinajstić information content (AvgIpc) is 2.27. The van der Waals surface area contributed by atoms with Crippen LogP contribution in [0.15, 0.2) is 0 Å². The van der Waals surface area contributed by atoms with Gasteiger partial charge in [-0.05, 0) is 25.7 Å². The number of nitrogens with one attached hydrogen (secondary N) is 1. The summed E-state index contributed by atoms with van der Waals surface area (Å²) >= 11 is 0. The summed E-state index contributed by atoms with van der Waals surface area (Å²) in [6.07, 6.45) is 4.49. The van der Waals surface area contributed by atoms with Crippen molar-refractivity contribution in [3.05, 3.63) is 0 Å². The van der Waals surface area contributed by atoms with E-state index in [4.69, 9.17) is 5.73 Å². The predicted molar refractivity (Wildman–Crippen MR) is 64.6 cm³/mol. The zero-order valence-electron chi connectivity index (χ0n) is 10.6. The molecule has 3 nitrogen and oxygen atoms in total. The van der Waals surface area contributed by atoms with Crippen molar-refractivity contribution in [2.24, 2.45) is 5.73 Å². The van der Waals surface area contributed by atoms with Gasteiger partial charge >= 0.3 is 0 Å². The molecule has 0 radical (unpaired) electrons. The quantitative estimate of drug-likeness (QED) is 0.682. The molecule has 0 fully saturated rings. The monoisotopic (exact) mass is 214 g/mol. The number of rotatable bonds is 7. The zero-order chi connectivity index (χ0) is 11.9. The van der Waals surface area contributed by atoms with E-state index in [1.54, 1.807) is 0 Å². The Balaban J connectivity index is 4.31. The topological polar surface area (TPSA) is 55.1 Å². The Hall–Kier alpha value is -0.570. The molecule has 0 aromatic heterocycles. The minimum atomic E-state index is -0.679. The van der Waals surface area contributed by atoms with Gasteiger partial charge in [-0.3, -0.25) is 4.79 Å². The molecule has 1 atom stereocenters. The van der Waals surface area contributed by atoms with Gasteiger partial charge in [0.25, 0.3) is 0 Å². The van der Waals surface area contributed by atoms with E-state index in [0.29, 0.717) is 12.8 Å². The molecule has 90 valence electrons. The van der Waals surface area contributed by atoms with E-state index >= 15 is 0 Å². The van der Waals surface area contributed by atoms with Gasteiger partial charge in [0.1, 0.15) is 0 Å². The molecule has 0 spiro atoms. The summed E-state index contributed by atoms with van der Waals surface area (Å²) in [6.45, 7) is 8.15. The molecule has 0 saturated carbocycles. The second kappa shape index (κ2) is 6.83. The first-order valence-corrected chi connectivity index (χ1v) is 6.13. The SMILES string of the molecule is CCCC(CC)NC(=O)C(N)(CC)CC. The maximum atomic E-state index is 11.9. The van der Waals surface area contributed by atoms with Crippen LogP contribution >= 0.6 is 0 Å². The fraction of sp³-hybridized carbons (Fsp3) is 0.917. The van der Waals surface area contributed by atoms with Gasteiger partial charge < -0.3 is 11.1 Å². The van der Waals surface area contributed by atoms with Crippen molar-refractivity contribution in [1.29, 1.82) is 0 Å². The van der Waals surface area contributed by atoms with Gasteiger partial charge in [0.05, 0.1) is 5.54 Å². The zero-order valence-corrected chi connectivity index (χ0v) is 10.6. The number of carbonyl (C=O) groups excluding carboxylic acids is 1. The van der Waals surface area contributed by atoms with E-state index in [1.807, 2.05) is 13.8 Å². The Morgan fingerprint density at radius 3 is 2.13 bits per heavy atom. The van der Waals surface area contributed by atoms with E-state index in [0.717, 1.165) is 19.3 Å². The van der Waals surface area contributed by atoms with Crippen molar-refractivity contribution in [3.63, 3.8) is 0 Å². The lowest BCUT2D eigenvalue weighted by Crippen LogP contribution is -2.55. The number of nitrogens with two attached hydrogens (primary N) is 1. The minimum Gasteiger partial charge on any atom is -0.352 e. The average molecular weight is 214 g/mol. The Morgan fingerprint density at radius 2 is 1.80 bits per heavy atom. The van der Waals surface area contributed by atoms with Crippen LogP contribution in [-0.4, -0.2) is 17.5 Å². The first kappa shape index (κ1) is 14.4. The number of hydrogen-bond donors (Lipinski definition) is 2. The highest BCUT2D eigenvalue weighted by atomic mass is 16.2. The molecular weight excluding hydrogens is 188 g/mol. The van der Waals surface area contributed by atoms with Crippen LogP contribution in [0.3, 0.4) is 0 Å². The summed E-state index contributed by atoms with van der Waals surface area (Å²) in [5.74, 6) is 0.00722. The number of amides is 1. The molecule has 1 unspecified atom stereocenters. The number of carbonyl (C=O) groups is 1. The van der Waals surface area contributed by atoms with Crippen LogP contribution in [0.4, 0.5) is 0 Å². The number of hydrogen-bond acceptors (Lipinski definition) is 2. The maximum Gasteiger partial charge on any atom is 0.240 e. The lowest BCUT2D eigenvalue weighted by molar-refractivity contribution is -0.127. The molecule has 0 aromatic carbocycles. The van der Waals surface area contributed by atoms with Crippen LogP contribution in [0, 0.1) is 0 Å². The molecule has 3 N–H and O–H groups in total. The highest BCUT2D eigenvalue weighted by Crippen LogP contribution is 2.12. The third kappa shape index (κ3) is 4.20. The molecule has 3 heteroatoms. The molecule has 0 heterocycles. The molecule has 1 amide bonds. The van der Waals surface area contributed by atoms with Crippen molar-refractivity contribution in [3.8, 4) is 0 Å². The summed E-state index contributed by atoms with van der Waals surface area (Å²) in [7, 11) is 0. The van der Waals surface area contributed by atoms with E-state index in [-0.39, 0.29) is 11.9 Å². The second-order valence-corrected chi connectivity index (χ2v) is 4.23. The van der Waals surface area contributed by atoms with Gasteiger partial charge in [0, 0.05) is 6.04 Å². The highest BCUT2D eigenvalue weighted by molar-refractivity contribution is 5.86. The molecule has 0 aliphatic carbocycles. The Labute approximate surface area is 93.8 Å². The van der Waals surface area contributed by atoms with E-state index in [9.17, 15) is 4.79 Å². The maximum absolute atomic E-state index is 11.9. The molecule has 0 aliphatic rings. The molecule has 0 aromatic rings. The van der Waals surface area contributed by atoms with Gasteiger partial charge in [-0.1, -0.05) is 34.1 Å². The highest BCUT2D eigenvalue weighted by Gasteiger charge is 2.30. The third-order valence-corrected chi connectivity index (χ3v) is 3.18. The van der Waals surface area contributed by atoms with Crippen molar-refractivity contribution in [2.75, 3.05) is 0 Å². The normalized spacial score (nSPS) is 13.7. The van der Waals surface area contributed by atoms with Crippen molar-refractivity contribution in [2.45, 2.75) is 71.4 Å². The van der Waals surface area contributed by atoms with Gasteiger partial charge in [0.15, 0.2) is 0 Å². The molecule has 0 aliphatic heterocycles. The fourth-order valence-corrected chi connectivity index (χ4v) is 1.63. The van der Waals surface area contributed by atoms with Crippen molar-refractivity contribution < 1.29 is 4.79 Å². The molecule has 0 rings (SSSR count). The Morgan fingerprint density at radius 1 is 1.27 bits per heavy atom. The van der Waals surface area contributed by atoms with Crippen LogP contribution in [0.2, 0.25) is 0 Å². The molecule has 0 saturated heterocycles.